The second-order valence-electron chi connectivity index (χ2n) is 5.62. The molecule has 0 radical (unpaired) electrons. The van der Waals surface area contributed by atoms with Crippen molar-refractivity contribution in [1.29, 1.82) is 0 Å². The van der Waals surface area contributed by atoms with Gasteiger partial charge < -0.3 is 25.0 Å². The first-order valence-corrected chi connectivity index (χ1v) is 8.15. The molecule has 7 nitrogen and oxygen atoms in total. The molecule has 2 amide bonds. The lowest BCUT2D eigenvalue weighted by Crippen LogP contribution is -2.46. The number of hydrogen-bond donors (Lipinski definition) is 2. The number of carbonyl (C=O) groups is 2. The highest BCUT2D eigenvalue weighted by atomic mass is 16.5. The van der Waals surface area contributed by atoms with Crippen molar-refractivity contribution in [3.63, 3.8) is 0 Å². The Morgan fingerprint density at radius 3 is 2.96 bits per heavy atom. The third kappa shape index (κ3) is 5.50. The van der Waals surface area contributed by atoms with Crippen LogP contribution in [0.3, 0.4) is 0 Å². The number of carbonyl (C=O) groups excluding carboxylic acids is 2. The minimum absolute atomic E-state index is 0.0155. The summed E-state index contributed by atoms with van der Waals surface area (Å²) >= 11 is 0. The molecule has 1 fully saturated rings. The summed E-state index contributed by atoms with van der Waals surface area (Å²) in [6.07, 6.45) is 0.334. The molecule has 1 aliphatic heterocycles. The van der Waals surface area contributed by atoms with Crippen molar-refractivity contribution in [1.82, 2.24) is 10.2 Å². The number of nitrogens with zero attached hydrogens (tertiary/aromatic N) is 1. The molecule has 7 heteroatoms. The molecule has 24 heavy (non-hydrogen) atoms. The van der Waals surface area contributed by atoms with Crippen LogP contribution in [-0.2, 0) is 14.3 Å². The van der Waals surface area contributed by atoms with Crippen molar-refractivity contribution < 1.29 is 19.1 Å². The monoisotopic (exact) mass is 335 g/mol. The second kappa shape index (κ2) is 9.24. The molecule has 1 unspecified atom stereocenters. The van der Waals surface area contributed by atoms with E-state index in [1.807, 2.05) is 6.92 Å². The molecule has 0 aromatic heterocycles. The minimum atomic E-state index is -0.230. The molecule has 132 valence electrons. The summed E-state index contributed by atoms with van der Waals surface area (Å²) < 4.78 is 10.5. The molecule has 1 aliphatic rings. The van der Waals surface area contributed by atoms with Crippen LogP contribution in [-0.4, -0.2) is 62.7 Å². The van der Waals surface area contributed by atoms with Gasteiger partial charge in [0.1, 0.15) is 5.75 Å². The maximum absolute atomic E-state index is 12.4. The number of ether oxygens (including phenoxy) is 2. The smallest absolute Gasteiger partial charge is 0.243 e. The molecule has 1 atom stereocenters. The van der Waals surface area contributed by atoms with Crippen molar-refractivity contribution in [2.75, 3.05) is 45.3 Å². The van der Waals surface area contributed by atoms with Gasteiger partial charge in [-0.1, -0.05) is 6.07 Å². The molecular formula is C17H25N3O4. The highest BCUT2D eigenvalue weighted by Gasteiger charge is 2.21. The van der Waals surface area contributed by atoms with Crippen molar-refractivity contribution in [3.05, 3.63) is 24.3 Å². The number of benzene rings is 1. The number of nitrogens with one attached hydrogen (secondary N) is 2. The molecule has 2 N–H and O–H groups in total. The summed E-state index contributed by atoms with van der Waals surface area (Å²) in [4.78, 5) is 26.1. The third-order valence-electron chi connectivity index (χ3n) is 3.84. The fourth-order valence-corrected chi connectivity index (χ4v) is 2.54. The van der Waals surface area contributed by atoms with Crippen LogP contribution in [0.25, 0.3) is 0 Å². The van der Waals surface area contributed by atoms with E-state index >= 15 is 0 Å². The summed E-state index contributed by atoms with van der Waals surface area (Å²) in [5, 5.41) is 6.03. The zero-order chi connectivity index (χ0) is 17.4. The summed E-state index contributed by atoms with van der Waals surface area (Å²) in [6.45, 7) is 4.32. The maximum atomic E-state index is 12.4. The number of morpholine rings is 1. The Hall–Kier alpha value is -2.12. The normalized spacial score (nSPS) is 17.2. The van der Waals surface area contributed by atoms with Crippen LogP contribution < -0.4 is 15.4 Å². The van der Waals surface area contributed by atoms with E-state index < -0.39 is 0 Å². The van der Waals surface area contributed by atoms with E-state index in [9.17, 15) is 9.59 Å². The van der Waals surface area contributed by atoms with E-state index in [-0.39, 0.29) is 24.4 Å². The molecule has 1 aromatic rings. The van der Waals surface area contributed by atoms with Gasteiger partial charge >= 0.3 is 0 Å². The number of methoxy groups -OCH3 is 1. The molecule has 0 bridgehead atoms. The zero-order valence-corrected chi connectivity index (χ0v) is 14.2. The molecule has 1 aromatic carbocycles. The molecule has 1 saturated heterocycles. The van der Waals surface area contributed by atoms with Crippen LogP contribution in [0, 0.1) is 0 Å². The lowest BCUT2D eigenvalue weighted by molar-refractivity contribution is -0.135. The van der Waals surface area contributed by atoms with Gasteiger partial charge in [-0.05, 0) is 19.1 Å². The van der Waals surface area contributed by atoms with E-state index in [4.69, 9.17) is 9.47 Å². The van der Waals surface area contributed by atoms with Gasteiger partial charge in [0.05, 0.1) is 26.9 Å². The lowest BCUT2D eigenvalue weighted by atomic mass is 10.2. The van der Waals surface area contributed by atoms with Crippen LogP contribution >= 0.6 is 0 Å². The second-order valence-corrected chi connectivity index (χ2v) is 5.62. The fourth-order valence-electron chi connectivity index (χ4n) is 2.54. The third-order valence-corrected chi connectivity index (χ3v) is 3.84. The summed E-state index contributed by atoms with van der Waals surface area (Å²) in [7, 11) is 1.57. The van der Waals surface area contributed by atoms with E-state index in [1.54, 1.807) is 36.3 Å². The van der Waals surface area contributed by atoms with E-state index in [0.717, 1.165) is 6.54 Å². The minimum Gasteiger partial charge on any atom is -0.497 e. The van der Waals surface area contributed by atoms with Crippen LogP contribution in [0.5, 0.6) is 5.75 Å². The fraction of sp³-hybridized carbons (Fsp3) is 0.529. The Balaban J connectivity index is 1.86. The van der Waals surface area contributed by atoms with Gasteiger partial charge in [-0.2, -0.15) is 0 Å². The van der Waals surface area contributed by atoms with Crippen molar-refractivity contribution in [2.24, 2.45) is 0 Å². The van der Waals surface area contributed by atoms with Gasteiger partial charge in [0.15, 0.2) is 0 Å². The number of likely N-dealkylation sites (N-methyl/N-ethyl adjacent to an activating group) is 1. The van der Waals surface area contributed by atoms with Gasteiger partial charge in [0.2, 0.25) is 11.8 Å². The first-order valence-electron chi connectivity index (χ1n) is 8.15. The van der Waals surface area contributed by atoms with Crippen molar-refractivity contribution >= 4 is 17.5 Å². The van der Waals surface area contributed by atoms with Gasteiger partial charge in [0.25, 0.3) is 0 Å². The topological polar surface area (TPSA) is 79.9 Å². The Morgan fingerprint density at radius 2 is 2.29 bits per heavy atom. The van der Waals surface area contributed by atoms with Gasteiger partial charge in [-0.15, -0.1) is 0 Å². The largest absolute Gasteiger partial charge is 0.497 e. The van der Waals surface area contributed by atoms with Crippen LogP contribution in [0.4, 0.5) is 5.69 Å². The highest BCUT2D eigenvalue weighted by molar-refractivity contribution is 5.94. The summed E-state index contributed by atoms with van der Waals surface area (Å²) in [5.74, 6) is 0.382. The standard InChI is InChI=1S/C17H25N3O4/c1-3-20(17(22)10-14-12-24-8-7-18-14)11-16(21)19-13-5-4-6-15(9-13)23-2/h4-6,9,14,18H,3,7-8,10-12H2,1-2H3,(H,19,21). The van der Waals surface area contributed by atoms with E-state index in [0.29, 0.717) is 37.6 Å². The molecule has 0 spiro atoms. The molecular weight excluding hydrogens is 310 g/mol. The van der Waals surface area contributed by atoms with Gasteiger partial charge in [0, 0.05) is 37.3 Å². The van der Waals surface area contributed by atoms with E-state index in [1.165, 1.54) is 0 Å². The predicted molar refractivity (Wildman–Crippen MR) is 91.1 cm³/mol. The zero-order valence-electron chi connectivity index (χ0n) is 14.2. The molecule has 1 heterocycles. The number of rotatable bonds is 7. The Labute approximate surface area is 142 Å². The maximum Gasteiger partial charge on any atom is 0.243 e. The lowest BCUT2D eigenvalue weighted by Gasteiger charge is -2.26. The van der Waals surface area contributed by atoms with Crippen LogP contribution in [0.2, 0.25) is 0 Å². The Kier molecular flexibility index (Phi) is 7.02. The Bertz CT molecular complexity index is 559. The van der Waals surface area contributed by atoms with Crippen molar-refractivity contribution in [2.45, 2.75) is 19.4 Å². The summed E-state index contributed by atoms with van der Waals surface area (Å²) in [5.41, 5.74) is 0.644. The molecule has 2 rings (SSSR count). The number of hydrogen-bond acceptors (Lipinski definition) is 5. The molecule has 0 aliphatic carbocycles. The van der Waals surface area contributed by atoms with Crippen molar-refractivity contribution in [3.8, 4) is 5.75 Å². The quantitative estimate of drug-likeness (QED) is 0.773. The van der Waals surface area contributed by atoms with Crippen LogP contribution in [0.15, 0.2) is 24.3 Å². The van der Waals surface area contributed by atoms with Gasteiger partial charge in [-0.25, -0.2) is 0 Å². The van der Waals surface area contributed by atoms with Crippen LogP contribution in [0.1, 0.15) is 13.3 Å². The summed E-state index contributed by atoms with van der Waals surface area (Å²) in [6, 6.07) is 7.13. The SMILES string of the molecule is CCN(CC(=O)Nc1cccc(OC)c1)C(=O)CC1COCCN1. The molecule has 0 saturated carbocycles. The Morgan fingerprint density at radius 1 is 1.46 bits per heavy atom. The number of amides is 2. The van der Waals surface area contributed by atoms with E-state index in [2.05, 4.69) is 10.6 Å². The first kappa shape index (κ1) is 18.2. The average molecular weight is 335 g/mol. The highest BCUT2D eigenvalue weighted by Crippen LogP contribution is 2.16. The van der Waals surface area contributed by atoms with Gasteiger partial charge in [-0.3, -0.25) is 9.59 Å². The average Bonchev–Trinajstić information content (AvgIpc) is 2.60. The predicted octanol–water partition coefficient (Wildman–Crippen LogP) is 0.861. The number of anilines is 1. The first-order chi connectivity index (χ1) is 11.6.